The third-order valence-electron chi connectivity index (χ3n) is 4.19. The molecule has 2 saturated heterocycles. The SMILES string of the molecule is CCCS(=O)(=O)N1CC2(C[C@H](OCc3ccncc3)CS2)C1. The van der Waals surface area contributed by atoms with Crippen molar-refractivity contribution in [3.05, 3.63) is 30.1 Å². The normalized spacial score (nSPS) is 24.5. The molecule has 0 amide bonds. The molecule has 7 heteroatoms. The van der Waals surface area contributed by atoms with Crippen molar-refractivity contribution >= 4 is 21.8 Å². The minimum atomic E-state index is -3.04. The van der Waals surface area contributed by atoms with E-state index in [-0.39, 0.29) is 16.6 Å². The van der Waals surface area contributed by atoms with Crippen LogP contribution in [0.15, 0.2) is 24.5 Å². The van der Waals surface area contributed by atoms with Gasteiger partial charge in [-0.15, -0.1) is 11.8 Å². The van der Waals surface area contributed by atoms with Gasteiger partial charge < -0.3 is 4.74 Å². The summed E-state index contributed by atoms with van der Waals surface area (Å²) in [7, 11) is -3.04. The molecule has 122 valence electrons. The number of sulfonamides is 1. The number of hydrogen-bond donors (Lipinski definition) is 0. The fourth-order valence-electron chi connectivity index (χ4n) is 3.00. The van der Waals surface area contributed by atoms with Gasteiger partial charge in [-0.3, -0.25) is 4.98 Å². The van der Waals surface area contributed by atoms with Crippen LogP contribution in [0.5, 0.6) is 0 Å². The molecule has 0 unspecified atom stereocenters. The smallest absolute Gasteiger partial charge is 0.214 e. The first-order chi connectivity index (χ1) is 10.5. The molecule has 22 heavy (non-hydrogen) atoms. The Morgan fingerprint density at radius 1 is 1.41 bits per heavy atom. The first-order valence-electron chi connectivity index (χ1n) is 7.65. The molecule has 0 radical (unpaired) electrons. The zero-order valence-corrected chi connectivity index (χ0v) is 14.4. The molecule has 2 fully saturated rings. The van der Waals surface area contributed by atoms with E-state index in [2.05, 4.69) is 4.98 Å². The summed E-state index contributed by atoms with van der Waals surface area (Å²) in [6, 6.07) is 3.92. The highest BCUT2D eigenvalue weighted by atomic mass is 32.2. The van der Waals surface area contributed by atoms with Crippen LogP contribution in [0.25, 0.3) is 0 Å². The summed E-state index contributed by atoms with van der Waals surface area (Å²) < 4.78 is 31.7. The van der Waals surface area contributed by atoms with Crippen LogP contribution in [0.2, 0.25) is 0 Å². The minimum Gasteiger partial charge on any atom is -0.373 e. The first-order valence-corrected chi connectivity index (χ1v) is 10.2. The van der Waals surface area contributed by atoms with Gasteiger partial charge in [0.25, 0.3) is 0 Å². The van der Waals surface area contributed by atoms with Crippen molar-refractivity contribution < 1.29 is 13.2 Å². The third-order valence-corrected chi connectivity index (χ3v) is 7.74. The Morgan fingerprint density at radius 2 is 2.14 bits per heavy atom. The monoisotopic (exact) mass is 342 g/mol. The average Bonchev–Trinajstić information content (AvgIpc) is 2.89. The lowest BCUT2D eigenvalue weighted by atomic mass is 9.95. The van der Waals surface area contributed by atoms with Gasteiger partial charge in [0.05, 0.1) is 18.5 Å². The number of ether oxygens (including phenoxy) is 1. The van der Waals surface area contributed by atoms with E-state index in [9.17, 15) is 8.42 Å². The number of pyridine rings is 1. The summed E-state index contributed by atoms with van der Waals surface area (Å²) in [5.41, 5.74) is 1.13. The molecule has 0 N–H and O–H groups in total. The van der Waals surface area contributed by atoms with E-state index in [1.807, 2.05) is 30.8 Å². The minimum absolute atomic E-state index is 0.0870. The summed E-state index contributed by atoms with van der Waals surface area (Å²) in [4.78, 5) is 3.99. The predicted octanol–water partition coefficient (Wildman–Crippen LogP) is 1.90. The quantitative estimate of drug-likeness (QED) is 0.790. The van der Waals surface area contributed by atoms with Gasteiger partial charge in [-0.2, -0.15) is 4.31 Å². The van der Waals surface area contributed by atoms with E-state index in [1.165, 1.54) is 0 Å². The Balaban J connectivity index is 1.48. The predicted molar refractivity (Wildman–Crippen MR) is 88.3 cm³/mol. The largest absolute Gasteiger partial charge is 0.373 e. The molecule has 0 bridgehead atoms. The molecular weight excluding hydrogens is 320 g/mol. The van der Waals surface area contributed by atoms with Crippen LogP contribution in [0.4, 0.5) is 0 Å². The Kier molecular flexibility index (Phi) is 4.77. The summed E-state index contributed by atoms with van der Waals surface area (Å²) in [6.07, 6.45) is 5.38. The summed E-state index contributed by atoms with van der Waals surface area (Å²) in [6.45, 7) is 3.80. The van der Waals surface area contributed by atoms with Gasteiger partial charge in [0.2, 0.25) is 10.0 Å². The van der Waals surface area contributed by atoms with Crippen LogP contribution in [0.1, 0.15) is 25.3 Å². The van der Waals surface area contributed by atoms with Crippen LogP contribution in [0.3, 0.4) is 0 Å². The van der Waals surface area contributed by atoms with Crippen LogP contribution in [-0.4, -0.2) is 53.2 Å². The Hall–Kier alpha value is -0.630. The van der Waals surface area contributed by atoms with Crippen LogP contribution in [0, 0.1) is 0 Å². The zero-order chi connectivity index (χ0) is 15.6. The van der Waals surface area contributed by atoms with Crippen molar-refractivity contribution in [3.63, 3.8) is 0 Å². The summed E-state index contributed by atoms with van der Waals surface area (Å²) in [5, 5.41) is 0. The molecule has 2 aliphatic rings. The molecule has 5 nitrogen and oxygen atoms in total. The van der Waals surface area contributed by atoms with Crippen LogP contribution in [-0.2, 0) is 21.4 Å². The fraction of sp³-hybridized carbons (Fsp3) is 0.667. The van der Waals surface area contributed by atoms with Gasteiger partial charge >= 0.3 is 0 Å². The molecule has 3 heterocycles. The van der Waals surface area contributed by atoms with Gasteiger partial charge in [-0.1, -0.05) is 6.92 Å². The lowest BCUT2D eigenvalue weighted by molar-refractivity contribution is 0.0397. The molecular formula is C15H22N2O3S2. The molecule has 1 aromatic heterocycles. The van der Waals surface area contributed by atoms with Gasteiger partial charge in [-0.05, 0) is 30.5 Å². The summed E-state index contributed by atoms with van der Waals surface area (Å²) >= 11 is 1.87. The number of aromatic nitrogens is 1. The molecule has 0 aliphatic carbocycles. The second kappa shape index (κ2) is 6.47. The van der Waals surface area contributed by atoms with E-state index >= 15 is 0 Å². The van der Waals surface area contributed by atoms with Gasteiger partial charge in [0.15, 0.2) is 0 Å². The Bertz CT molecular complexity index is 600. The maximum Gasteiger partial charge on any atom is 0.214 e. The molecule has 1 spiro atoms. The summed E-state index contributed by atoms with van der Waals surface area (Å²) in [5.74, 6) is 1.21. The molecule has 2 aliphatic heterocycles. The van der Waals surface area contributed by atoms with E-state index < -0.39 is 10.0 Å². The highest BCUT2D eigenvalue weighted by Crippen LogP contribution is 2.47. The standard InChI is InChI=1S/C15H22N2O3S2/c1-2-7-22(18,19)17-11-15(12-17)8-14(10-21-15)20-9-13-3-5-16-6-4-13/h3-6,14H,2,7-12H2,1H3/t14-/m0/s1. The number of hydrogen-bond acceptors (Lipinski definition) is 5. The zero-order valence-electron chi connectivity index (χ0n) is 12.8. The fourth-order valence-corrected chi connectivity index (χ4v) is 6.38. The van der Waals surface area contributed by atoms with Crippen molar-refractivity contribution in [2.75, 3.05) is 24.6 Å². The average molecular weight is 342 g/mol. The topological polar surface area (TPSA) is 59.5 Å². The van der Waals surface area contributed by atoms with Crippen molar-refractivity contribution in [1.82, 2.24) is 9.29 Å². The molecule has 3 rings (SSSR count). The van der Waals surface area contributed by atoms with E-state index in [0.717, 1.165) is 17.7 Å². The van der Waals surface area contributed by atoms with Crippen molar-refractivity contribution in [3.8, 4) is 0 Å². The molecule has 1 aromatic rings. The molecule has 0 aromatic carbocycles. The number of thioether (sulfide) groups is 1. The number of rotatable bonds is 6. The lowest BCUT2D eigenvalue weighted by Crippen LogP contribution is -2.61. The lowest BCUT2D eigenvalue weighted by Gasteiger charge is -2.46. The Morgan fingerprint density at radius 3 is 2.82 bits per heavy atom. The molecule has 0 saturated carbocycles. The highest BCUT2D eigenvalue weighted by Gasteiger charge is 2.52. The first kappa shape index (κ1) is 16.2. The van der Waals surface area contributed by atoms with E-state index in [4.69, 9.17) is 4.74 Å². The van der Waals surface area contributed by atoms with E-state index in [0.29, 0.717) is 26.1 Å². The van der Waals surface area contributed by atoms with Gasteiger partial charge in [0, 0.05) is 36.0 Å². The van der Waals surface area contributed by atoms with Crippen LogP contribution < -0.4 is 0 Å². The Labute approximate surface area is 136 Å². The third kappa shape index (κ3) is 3.48. The van der Waals surface area contributed by atoms with Crippen molar-refractivity contribution in [1.29, 1.82) is 0 Å². The van der Waals surface area contributed by atoms with Gasteiger partial charge in [-0.25, -0.2) is 8.42 Å². The second-order valence-electron chi connectivity index (χ2n) is 6.07. The van der Waals surface area contributed by atoms with Gasteiger partial charge in [0.1, 0.15) is 0 Å². The van der Waals surface area contributed by atoms with Crippen molar-refractivity contribution in [2.45, 2.75) is 37.2 Å². The molecule has 1 atom stereocenters. The highest BCUT2D eigenvalue weighted by molar-refractivity contribution is 8.01. The van der Waals surface area contributed by atoms with Crippen LogP contribution >= 0.6 is 11.8 Å². The van der Waals surface area contributed by atoms with E-state index in [1.54, 1.807) is 16.7 Å². The number of nitrogens with zero attached hydrogens (tertiary/aromatic N) is 2. The maximum absolute atomic E-state index is 12.0. The second-order valence-corrected chi connectivity index (χ2v) is 9.65. The maximum atomic E-state index is 12.0. The van der Waals surface area contributed by atoms with Crippen molar-refractivity contribution in [2.24, 2.45) is 0 Å².